The lowest BCUT2D eigenvalue weighted by atomic mass is 9.88. The number of carbonyl (C=O) groups excluding carboxylic acids is 2. The van der Waals surface area contributed by atoms with Gasteiger partial charge in [-0.25, -0.2) is 13.2 Å². The molecule has 3 rings (SSSR count). The molecule has 0 radical (unpaired) electrons. The molecule has 1 aromatic heterocycles. The highest BCUT2D eigenvalue weighted by Crippen LogP contribution is 2.40. The molecule has 1 aliphatic carbocycles. The molecule has 1 aliphatic rings. The van der Waals surface area contributed by atoms with Gasteiger partial charge < -0.3 is 10.1 Å². The van der Waals surface area contributed by atoms with E-state index in [1.165, 1.54) is 11.3 Å². The highest BCUT2D eigenvalue weighted by Gasteiger charge is 2.29. The van der Waals surface area contributed by atoms with Crippen molar-refractivity contribution in [1.82, 2.24) is 0 Å². The lowest BCUT2D eigenvalue weighted by Crippen LogP contribution is -2.19. The predicted molar refractivity (Wildman–Crippen MR) is 119 cm³/mol. The van der Waals surface area contributed by atoms with E-state index in [0.29, 0.717) is 22.0 Å². The van der Waals surface area contributed by atoms with Crippen LogP contribution in [0.2, 0.25) is 0 Å². The van der Waals surface area contributed by atoms with E-state index in [9.17, 15) is 18.0 Å². The fraction of sp³-hybridized carbons (Fsp3) is 0.455. The molecular formula is C22H27NO5S2. The second-order valence-electron chi connectivity index (χ2n) is 7.65. The number of nitrogens with one attached hydrogen (secondary N) is 1. The lowest BCUT2D eigenvalue weighted by Gasteiger charge is -2.18. The molecule has 162 valence electrons. The number of thiophene rings is 1. The van der Waals surface area contributed by atoms with Crippen molar-refractivity contribution in [2.75, 3.05) is 17.7 Å². The van der Waals surface area contributed by atoms with E-state index in [-0.39, 0.29) is 24.5 Å². The Balaban J connectivity index is 1.69. The van der Waals surface area contributed by atoms with Gasteiger partial charge in [0.05, 0.1) is 23.7 Å². The number of hydrogen-bond donors (Lipinski definition) is 1. The van der Waals surface area contributed by atoms with Crippen LogP contribution >= 0.6 is 11.3 Å². The van der Waals surface area contributed by atoms with Gasteiger partial charge in [-0.3, -0.25) is 4.79 Å². The third kappa shape index (κ3) is 5.70. The second kappa shape index (κ2) is 9.75. The van der Waals surface area contributed by atoms with Crippen LogP contribution in [-0.4, -0.2) is 32.7 Å². The van der Waals surface area contributed by atoms with Gasteiger partial charge in [0.1, 0.15) is 5.00 Å². The van der Waals surface area contributed by atoms with Crippen LogP contribution in [0, 0.1) is 5.92 Å². The fourth-order valence-corrected chi connectivity index (χ4v) is 6.35. The summed E-state index contributed by atoms with van der Waals surface area (Å²) in [7, 11) is -3.42. The summed E-state index contributed by atoms with van der Waals surface area (Å²) < 4.78 is 29.9. The summed E-state index contributed by atoms with van der Waals surface area (Å²) >= 11 is 1.40. The number of ether oxygens (including phenoxy) is 1. The Morgan fingerprint density at radius 3 is 2.67 bits per heavy atom. The molecule has 6 nitrogen and oxygen atoms in total. The Hall–Kier alpha value is -2.19. The smallest absolute Gasteiger partial charge is 0.341 e. The van der Waals surface area contributed by atoms with Crippen molar-refractivity contribution in [2.24, 2.45) is 5.92 Å². The van der Waals surface area contributed by atoms with Gasteiger partial charge in [0, 0.05) is 11.3 Å². The first kappa shape index (κ1) is 22.5. The average Bonchev–Trinajstić information content (AvgIpc) is 3.04. The zero-order chi connectivity index (χ0) is 21.7. The minimum atomic E-state index is -3.42. The molecule has 1 N–H and O–H groups in total. The van der Waals surface area contributed by atoms with Crippen molar-refractivity contribution in [3.63, 3.8) is 0 Å². The van der Waals surface area contributed by atoms with Crippen molar-refractivity contribution in [1.29, 1.82) is 0 Å². The van der Waals surface area contributed by atoms with Crippen molar-refractivity contribution in [3.05, 3.63) is 51.9 Å². The number of amides is 1. The molecule has 1 amide bonds. The van der Waals surface area contributed by atoms with E-state index >= 15 is 0 Å². The molecule has 0 saturated heterocycles. The zero-order valence-corrected chi connectivity index (χ0v) is 18.9. The van der Waals surface area contributed by atoms with Crippen LogP contribution in [0.25, 0.3) is 0 Å². The molecule has 0 fully saturated rings. The maximum absolute atomic E-state index is 12.5. The van der Waals surface area contributed by atoms with Crippen LogP contribution in [0.1, 0.15) is 53.1 Å². The minimum absolute atomic E-state index is 0.0968. The number of benzene rings is 1. The SMILES string of the molecule is CCOC(=O)c1c(NC(=O)CCS(=O)(=O)Cc2ccccc2)sc2c1CCC(C)C2. The number of hydrogen-bond acceptors (Lipinski definition) is 6. The first-order valence-corrected chi connectivity index (χ1v) is 12.8. The molecule has 2 aromatic rings. The van der Waals surface area contributed by atoms with Crippen LogP contribution < -0.4 is 5.32 Å². The number of sulfone groups is 1. The Bertz CT molecular complexity index is 1010. The van der Waals surface area contributed by atoms with Crippen molar-refractivity contribution in [2.45, 2.75) is 45.3 Å². The third-order valence-corrected chi connectivity index (χ3v) is 7.88. The normalized spacial score (nSPS) is 16.0. The number of rotatable bonds is 8. The van der Waals surface area contributed by atoms with Gasteiger partial charge in [-0.2, -0.15) is 0 Å². The van der Waals surface area contributed by atoms with Crippen LogP contribution in [0.4, 0.5) is 5.00 Å². The van der Waals surface area contributed by atoms with Gasteiger partial charge in [-0.1, -0.05) is 37.3 Å². The minimum Gasteiger partial charge on any atom is -0.462 e. The topological polar surface area (TPSA) is 89.5 Å². The molecule has 8 heteroatoms. The molecule has 0 spiro atoms. The van der Waals surface area contributed by atoms with E-state index < -0.39 is 21.7 Å². The monoisotopic (exact) mass is 449 g/mol. The molecule has 0 saturated carbocycles. The molecule has 1 aromatic carbocycles. The summed E-state index contributed by atoms with van der Waals surface area (Å²) in [6, 6.07) is 8.90. The van der Waals surface area contributed by atoms with Gasteiger partial charge in [-0.15, -0.1) is 11.3 Å². The maximum Gasteiger partial charge on any atom is 0.341 e. The van der Waals surface area contributed by atoms with Crippen molar-refractivity contribution < 1.29 is 22.7 Å². The number of fused-ring (bicyclic) bond motifs is 1. The van der Waals surface area contributed by atoms with E-state index in [0.717, 1.165) is 29.7 Å². The maximum atomic E-state index is 12.5. The van der Waals surface area contributed by atoms with Crippen LogP contribution in [0.15, 0.2) is 30.3 Å². The summed E-state index contributed by atoms with van der Waals surface area (Å²) in [5.41, 5.74) is 2.09. The van der Waals surface area contributed by atoms with Crippen molar-refractivity contribution >= 4 is 38.1 Å². The quantitative estimate of drug-likeness (QED) is 0.616. The van der Waals surface area contributed by atoms with Gasteiger partial charge in [0.25, 0.3) is 0 Å². The Labute approximate surface area is 181 Å². The van der Waals surface area contributed by atoms with Gasteiger partial charge in [0.15, 0.2) is 9.84 Å². The Morgan fingerprint density at radius 1 is 1.23 bits per heavy atom. The van der Waals surface area contributed by atoms with Crippen LogP contribution in [-0.2, 0) is 38.0 Å². The average molecular weight is 450 g/mol. The van der Waals surface area contributed by atoms with E-state index in [2.05, 4.69) is 12.2 Å². The standard InChI is InChI=1S/C22H27NO5S2/c1-3-28-22(25)20-17-10-9-15(2)13-18(17)29-21(20)23-19(24)11-12-30(26,27)14-16-7-5-4-6-8-16/h4-8,15H,3,9-14H2,1-2H3,(H,23,24). The zero-order valence-electron chi connectivity index (χ0n) is 17.3. The summed E-state index contributed by atoms with van der Waals surface area (Å²) in [4.78, 5) is 26.1. The van der Waals surface area contributed by atoms with E-state index in [4.69, 9.17) is 4.74 Å². The van der Waals surface area contributed by atoms with Gasteiger partial charge in [-0.05, 0) is 43.2 Å². The van der Waals surface area contributed by atoms with Crippen molar-refractivity contribution in [3.8, 4) is 0 Å². The summed E-state index contributed by atoms with van der Waals surface area (Å²) in [5.74, 6) is -0.663. The third-order valence-electron chi connectivity index (χ3n) is 5.11. The highest BCUT2D eigenvalue weighted by atomic mass is 32.2. The first-order valence-electron chi connectivity index (χ1n) is 10.1. The first-order chi connectivity index (χ1) is 14.3. The summed E-state index contributed by atoms with van der Waals surface area (Å²) in [6.07, 6.45) is 2.48. The lowest BCUT2D eigenvalue weighted by molar-refractivity contribution is -0.115. The fourth-order valence-electron chi connectivity index (χ4n) is 3.60. The Morgan fingerprint density at radius 2 is 1.97 bits per heavy atom. The van der Waals surface area contributed by atoms with E-state index in [1.54, 1.807) is 31.2 Å². The van der Waals surface area contributed by atoms with E-state index in [1.807, 2.05) is 6.07 Å². The predicted octanol–water partition coefficient (Wildman–Crippen LogP) is 3.99. The molecular weight excluding hydrogens is 422 g/mol. The molecule has 0 aliphatic heterocycles. The number of anilines is 1. The van der Waals surface area contributed by atoms with Gasteiger partial charge in [0.2, 0.25) is 5.91 Å². The number of carbonyl (C=O) groups is 2. The molecule has 1 atom stereocenters. The molecule has 0 bridgehead atoms. The second-order valence-corrected chi connectivity index (χ2v) is 10.9. The highest BCUT2D eigenvalue weighted by molar-refractivity contribution is 7.90. The molecule has 1 heterocycles. The largest absolute Gasteiger partial charge is 0.462 e. The number of esters is 1. The molecule has 1 unspecified atom stereocenters. The van der Waals surface area contributed by atoms with Gasteiger partial charge >= 0.3 is 5.97 Å². The van der Waals surface area contributed by atoms with Crippen LogP contribution in [0.5, 0.6) is 0 Å². The van der Waals surface area contributed by atoms with Crippen LogP contribution in [0.3, 0.4) is 0 Å². The summed E-state index contributed by atoms with van der Waals surface area (Å²) in [5, 5.41) is 3.24. The summed E-state index contributed by atoms with van der Waals surface area (Å²) in [6.45, 7) is 4.17. The molecule has 30 heavy (non-hydrogen) atoms. The Kier molecular flexibility index (Phi) is 7.31.